The largest absolute Gasteiger partial charge is 0.352 e. The molecule has 0 radical (unpaired) electrons. The van der Waals surface area contributed by atoms with E-state index in [4.69, 9.17) is 4.52 Å². The number of aryl methyl sites for hydroxylation is 1. The van der Waals surface area contributed by atoms with Gasteiger partial charge >= 0.3 is 0 Å². The van der Waals surface area contributed by atoms with Gasteiger partial charge in [-0.1, -0.05) is 11.2 Å². The van der Waals surface area contributed by atoms with Crippen LogP contribution in [-0.2, 0) is 21.1 Å². The van der Waals surface area contributed by atoms with E-state index in [9.17, 15) is 13.2 Å². The van der Waals surface area contributed by atoms with Crippen molar-refractivity contribution in [2.45, 2.75) is 25.3 Å². The first-order chi connectivity index (χ1) is 10.5. The summed E-state index contributed by atoms with van der Waals surface area (Å²) in [7, 11) is -2.98. The molecular formula is C13H15N3O4S2. The minimum absolute atomic E-state index is 0.0296. The van der Waals surface area contributed by atoms with Crippen LogP contribution >= 0.6 is 11.3 Å². The molecule has 118 valence electrons. The van der Waals surface area contributed by atoms with Crippen molar-refractivity contribution in [1.82, 2.24) is 15.5 Å². The van der Waals surface area contributed by atoms with Crippen molar-refractivity contribution in [1.29, 1.82) is 0 Å². The van der Waals surface area contributed by atoms with Crippen LogP contribution in [0.15, 0.2) is 22.0 Å². The van der Waals surface area contributed by atoms with Gasteiger partial charge in [-0.25, -0.2) is 8.42 Å². The Morgan fingerprint density at radius 1 is 1.50 bits per heavy atom. The van der Waals surface area contributed by atoms with E-state index in [0.717, 1.165) is 4.88 Å². The van der Waals surface area contributed by atoms with Crippen LogP contribution in [0.2, 0.25) is 0 Å². The highest BCUT2D eigenvalue weighted by Crippen LogP contribution is 2.21. The van der Waals surface area contributed by atoms with Crippen LogP contribution in [0, 0.1) is 0 Å². The minimum Gasteiger partial charge on any atom is -0.352 e. The molecule has 3 rings (SSSR count). The summed E-state index contributed by atoms with van der Waals surface area (Å²) in [5, 5.41) is 8.53. The second-order valence-electron chi connectivity index (χ2n) is 5.16. The topological polar surface area (TPSA) is 102 Å². The molecule has 2 aromatic rings. The molecule has 22 heavy (non-hydrogen) atoms. The van der Waals surface area contributed by atoms with Gasteiger partial charge < -0.3 is 9.84 Å². The predicted molar refractivity (Wildman–Crippen MR) is 81.1 cm³/mol. The van der Waals surface area contributed by atoms with E-state index in [2.05, 4.69) is 15.5 Å². The van der Waals surface area contributed by atoms with Crippen LogP contribution < -0.4 is 5.32 Å². The first-order valence-electron chi connectivity index (χ1n) is 6.88. The van der Waals surface area contributed by atoms with Gasteiger partial charge in [0.1, 0.15) is 0 Å². The van der Waals surface area contributed by atoms with Crippen LogP contribution in [0.3, 0.4) is 0 Å². The third-order valence-corrected chi connectivity index (χ3v) is 6.01. The molecule has 1 atom stereocenters. The highest BCUT2D eigenvalue weighted by Gasteiger charge is 2.28. The lowest BCUT2D eigenvalue weighted by Gasteiger charge is -2.09. The Balaban J connectivity index is 1.49. The highest BCUT2D eigenvalue weighted by molar-refractivity contribution is 7.91. The number of aromatic nitrogens is 2. The smallest absolute Gasteiger partial charge is 0.227 e. The molecule has 0 aliphatic carbocycles. The Labute approximate surface area is 131 Å². The molecule has 1 N–H and O–H groups in total. The zero-order valence-corrected chi connectivity index (χ0v) is 13.3. The molecule has 2 aromatic heterocycles. The van der Waals surface area contributed by atoms with Crippen LogP contribution in [0.4, 0.5) is 0 Å². The fraction of sp³-hybridized carbons (Fsp3) is 0.462. The van der Waals surface area contributed by atoms with Crippen LogP contribution in [0.1, 0.15) is 18.7 Å². The van der Waals surface area contributed by atoms with Gasteiger partial charge in [-0.2, -0.15) is 4.98 Å². The van der Waals surface area contributed by atoms with Gasteiger partial charge in [-0.3, -0.25) is 4.79 Å². The van der Waals surface area contributed by atoms with E-state index in [0.29, 0.717) is 24.6 Å². The molecule has 7 nitrogen and oxygen atoms in total. The average molecular weight is 341 g/mol. The van der Waals surface area contributed by atoms with Crippen LogP contribution in [-0.4, -0.2) is 42.0 Å². The number of nitrogens with one attached hydrogen (secondary N) is 1. The van der Waals surface area contributed by atoms with Crippen molar-refractivity contribution >= 4 is 27.1 Å². The number of hydrogen-bond acceptors (Lipinski definition) is 7. The molecule has 0 bridgehead atoms. The molecule has 0 aromatic carbocycles. The third-order valence-electron chi connectivity index (χ3n) is 3.37. The third kappa shape index (κ3) is 3.72. The zero-order valence-electron chi connectivity index (χ0n) is 11.7. The molecule has 1 aliphatic heterocycles. The van der Waals surface area contributed by atoms with Crippen molar-refractivity contribution < 1.29 is 17.7 Å². The zero-order chi connectivity index (χ0) is 15.6. The Hall–Kier alpha value is -1.74. The Morgan fingerprint density at radius 3 is 3.05 bits per heavy atom. The number of nitrogens with zero attached hydrogens (tertiary/aromatic N) is 2. The number of amides is 1. The number of hydrogen-bond donors (Lipinski definition) is 1. The number of carbonyl (C=O) groups excluding carboxylic acids is 1. The molecule has 0 unspecified atom stereocenters. The fourth-order valence-corrected chi connectivity index (χ4v) is 4.61. The summed E-state index contributed by atoms with van der Waals surface area (Å²) in [6, 6.07) is 3.52. The second-order valence-corrected chi connectivity index (χ2v) is 8.33. The first kappa shape index (κ1) is 15.2. The second kappa shape index (κ2) is 6.17. The molecule has 3 heterocycles. The molecule has 9 heteroatoms. The average Bonchev–Trinajstić information content (AvgIpc) is 3.16. The monoisotopic (exact) mass is 341 g/mol. The van der Waals surface area contributed by atoms with Crippen molar-refractivity contribution in [2.24, 2.45) is 0 Å². The minimum atomic E-state index is -2.98. The summed E-state index contributed by atoms with van der Waals surface area (Å²) in [5.74, 6) is 0.899. The van der Waals surface area contributed by atoms with Gasteiger partial charge in [0.2, 0.25) is 17.6 Å². The normalized spacial score (nSPS) is 20.1. The van der Waals surface area contributed by atoms with E-state index in [-0.39, 0.29) is 29.9 Å². The lowest BCUT2D eigenvalue weighted by Crippen LogP contribution is -2.35. The van der Waals surface area contributed by atoms with E-state index in [1.54, 1.807) is 0 Å². The SMILES string of the molecule is O=C(CCc1nc(-c2cccs2)no1)N[C@@H]1CCS(=O)(=O)C1. The molecule has 1 aliphatic rings. The molecule has 1 saturated heterocycles. The van der Waals surface area contributed by atoms with Crippen LogP contribution in [0.25, 0.3) is 10.7 Å². The summed E-state index contributed by atoms with van der Waals surface area (Å²) in [6.07, 6.45) is 1.02. The van der Waals surface area contributed by atoms with Crippen molar-refractivity contribution in [3.05, 3.63) is 23.4 Å². The van der Waals surface area contributed by atoms with E-state index in [1.165, 1.54) is 11.3 Å². The summed E-state index contributed by atoms with van der Waals surface area (Å²) < 4.78 is 27.8. The van der Waals surface area contributed by atoms with Crippen molar-refractivity contribution in [3.63, 3.8) is 0 Å². The lowest BCUT2D eigenvalue weighted by atomic mass is 10.2. The van der Waals surface area contributed by atoms with Crippen molar-refractivity contribution in [3.8, 4) is 10.7 Å². The van der Waals surface area contributed by atoms with Gasteiger partial charge in [0.25, 0.3) is 0 Å². The predicted octanol–water partition coefficient (Wildman–Crippen LogP) is 1.03. The molecule has 0 saturated carbocycles. The maximum atomic E-state index is 11.8. The molecule has 0 spiro atoms. The number of rotatable bonds is 5. The summed E-state index contributed by atoms with van der Waals surface area (Å²) in [4.78, 5) is 17.0. The van der Waals surface area contributed by atoms with E-state index < -0.39 is 9.84 Å². The molecule has 1 amide bonds. The maximum Gasteiger partial charge on any atom is 0.227 e. The van der Waals surface area contributed by atoms with Gasteiger partial charge in [0.15, 0.2) is 9.84 Å². The number of sulfone groups is 1. The van der Waals surface area contributed by atoms with Gasteiger partial charge in [0.05, 0.1) is 16.4 Å². The number of carbonyl (C=O) groups is 1. The summed E-state index contributed by atoms with van der Waals surface area (Å²) in [5.41, 5.74) is 0. The quantitative estimate of drug-likeness (QED) is 0.871. The van der Waals surface area contributed by atoms with Crippen molar-refractivity contribution in [2.75, 3.05) is 11.5 Å². The Bertz CT molecular complexity index is 752. The lowest BCUT2D eigenvalue weighted by molar-refractivity contribution is -0.121. The van der Waals surface area contributed by atoms with Gasteiger partial charge in [0, 0.05) is 18.9 Å². The van der Waals surface area contributed by atoms with E-state index >= 15 is 0 Å². The highest BCUT2D eigenvalue weighted by atomic mass is 32.2. The molecule has 1 fully saturated rings. The maximum absolute atomic E-state index is 11.8. The standard InChI is InChI=1S/C13H15N3O4S2/c17-11(14-9-5-7-22(18,19)8-9)3-4-12-15-13(16-20-12)10-2-1-6-21-10/h1-2,6,9H,3-5,7-8H2,(H,14,17)/t9-/m1/s1. The summed E-state index contributed by atoms with van der Waals surface area (Å²) >= 11 is 1.51. The van der Waals surface area contributed by atoms with E-state index in [1.807, 2.05) is 17.5 Å². The fourth-order valence-electron chi connectivity index (χ4n) is 2.29. The first-order valence-corrected chi connectivity index (χ1v) is 9.58. The Kier molecular flexibility index (Phi) is 4.25. The van der Waals surface area contributed by atoms with Gasteiger partial charge in [-0.05, 0) is 17.9 Å². The van der Waals surface area contributed by atoms with Gasteiger partial charge in [-0.15, -0.1) is 11.3 Å². The van der Waals surface area contributed by atoms with Crippen LogP contribution in [0.5, 0.6) is 0 Å². The summed E-state index contributed by atoms with van der Waals surface area (Å²) in [6.45, 7) is 0. The molecular weight excluding hydrogens is 326 g/mol. The number of thiophene rings is 1. The Morgan fingerprint density at radius 2 is 2.36 bits per heavy atom.